The minimum atomic E-state index is 0.623. The Balaban J connectivity index is 2.90. The summed E-state index contributed by atoms with van der Waals surface area (Å²) in [6.07, 6.45) is 12.5. The average Bonchev–Trinajstić information content (AvgIpc) is 2.34. The van der Waals surface area contributed by atoms with Crippen molar-refractivity contribution in [1.82, 2.24) is 10.6 Å². The van der Waals surface area contributed by atoms with E-state index in [1.807, 2.05) is 0 Å². The summed E-state index contributed by atoms with van der Waals surface area (Å²) >= 11 is 0. The molecule has 0 atom stereocenters. The molecule has 0 saturated carbocycles. The molecule has 0 saturated heterocycles. The van der Waals surface area contributed by atoms with Crippen molar-refractivity contribution in [2.45, 2.75) is 84.6 Å². The number of hydrogen-bond acceptors (Lipinski definition) is 2. The molecule has 0 aromatic heterocycles. The van der Waals surface area contributed by atoms with E-state index in [2.05, 4.69) is 31.4 Å². The smallest absolute Gasteiger partial charge is 0.00103 e. The Kier molecular flexibility index (Phi) is 14.9. The molecular weight excluding hydrogens is 220 g/mol. The Hall–Kier alpha value is -0.0800. The van der Waals surface area contributed by atoms with Gasteiger partial charge in [0.05, 0.1) is 0 Å². The Morgan fingerprint density at radius 1 is 0.667 bits per heavy atom. The predicted octanol–water partition coefficient (Wildman–Crippen LogP) is 4.10. The van der Waals surface area contributed by atoms with Gasteiger partial charge in [0, 0.05) is 6.04 Å². The third kappa shape index (κ3) is 15.9. The molecule has 0 amide bonds. The first-order valence-electron chi connectivity index (χ1n) is 8.21. The van der Waals surface area contributed by atoms with E-state index in [0.717, 1.165) is 13.1 Å². The van der Waals surface area contributed by atoms with Gasteiger partial charge in [0.15, 0.2) is 0 Å². The topological polar surface area (TPSA) is 24.1 Å². The summed E-state index contributed by atoms with van der Waals surface area (Å²) in [7, 11) is 0. The molecule has 0 spiro atoms. The van der Waals surface area contributed by atoms with E-state index in [1.54, 1.807) is 0 Å². The summed E-state index contributed by atoms with van der Waals surface area (Å²) in [5, 5.41) is 6.97. The number of nitrogens with one attached hydrogen (secondary N) is 2. The van der Waals surface area contributed by atoms with Crippen LogP contribution in [-0.2, 0) is 0 Å². The van der Waals surface area contributed by atoms with E-state index in [-0.39, 0.29) is 0 Å². The van der Waals surface area contributed by atoms with Crippen LogP contribution in [0.25, 0.3) is 0 Å². The average molecular weight is 256 g/mol. The van der Waals surface area contributed by atoms with E-state index in [1.165, 1.54) is 64.3 Å². The van der Waals surface area contributed by atoms with Gasteiger partial charge in [-0.05, 0) is 32.5 Å². The van der Waals surface area contributed by atoms with Crippen LogP contribution in [0.3, 0.4) is 0 Å². The van der Waals surface area contributed by atoms with E-state index >= 15 is 0 Å². The lowest BCUT2D eigenvalue weighted by Crippen LogP contribution is -2.27. The molecule has 0 fully saturated rings. The molecule has 0 aliphatic heterocycles. The molecule has 0 aromatic rings. The molecular formula is C16H36N2. The van der Waals surface area contributed by atoms with Gasteiger partial charge in [-0.1, -0.05) is 65.7 Å². The largest absolute Gasteiger partial charge is 0.317 e. The molecule has 0 aliphatic carbocycles. The zero-order chi connectivity index (χ0) is 13.5. The van der Waals surface area contributed by atoms with Crippen molar-refractivity contribution in [2.75, 3.05) is 19.6 Å². The molecule has 0 aliphatic rings. The summed E-state index contributed by atoms with van der Waals surface area (Å²) in [6.45, 7) is 10.2. The van der Waals surface area contributed by atoms with E-state index in [4.69, 9.17) is 0 Å². The maximum atomic E-state index is 3.53. The Morgan fingerprint density at radius 3 is 1.83 bits per heavy atom. The van der Waals surface area contributed by atoms with Crippen molar-refractivity contribution in [2.24, 2.45) is 0 Å². The minimum absolute atomic E-state index is 0.623. The highest BCUT2D eigenvalue weighted by molar-refractivity contribution is 4.55. The predicted molar refractivity (Wildman–Crippen MR) is 83.2 cm³/mol. The second-order valence-electron chi connectivity index (χ2n) is 5.69. The normalized spacial score (nSPS) is 11.3. The van der Waals surface area contributed by atoms with Crippen LogP contribution in [0.5, 0.6) is 0 Å². The van der Waals surface area contributed by atoms with E-state index in [0.29, 0.717) is 6.04 Å². The SMILES string of the molecule is CCCCCCCCCCNCCCNC(C)C. The fourth-order valence-corrected chi connectivity index (χ4v) is 2.11. The first-order chi connectivity index (χ1) is 8.77. The van der Waals surface area contributed by atoms with E-state index < -0.39 is 0 Å². The van der Waals surface area contributed by atoms with Crippen LogP contribution in [0.4, 0.5) is 0 Å². The number of rotatable bonds is 14. The standard InChI is InChI=1S/C16H36N2/c1-4-5-6-7-8-9-10-11-13-17-14-12-15-18-16(2)3/h16-18H,4-15H2,1-3H3. The monoisotopic (exact) mass is 256 g/mol. The summed E-state index contributed by atoms with van der Waals surface area (Å²) in [4.78, 5) is 0. The van der Waals surface area contributed by atoms with Gasteiger partial charge in [0.2, 0.25) is 0 Å². The van der Waals surface area contributed by atoms with Gasteiger partial charge in [0.25, 0.3) is 0 Å². The summed E-state index contributed by atoms with van der Waals surface area (Å²) in [6, 6.07) is 0.623. The van der Waals surface area contributed by atoms with Crippen molar-refractivity contribution in [1.29, 1.82) is 0 Å². The van der Waals surface area contributed by atoms with E-state index in [9.17, 15) is 0 Å². The highest BCUT2D eigenvalue weighted by Crippen LogP contribution is 2.07. The third-order valence-electron chi connectivity index (χ3n) is 3.29. The molecule has 18 heavy (non-hydrogen) atoms. The number of unbranched alkanes of at least 4 members (excludes halogenated alkanes) is 7. The van der Waals surface area contributed by atoms with Crippen LogP contribution in [0, 0.1) is 0 Å². The summed E-state index contributed by atoms with van der Waals surface area (Å²) in [5.74, 6) is 0. The van der Waals surface area contributed by atoms with Gasteiger partial charge < -0.3 is 10.6 Å². The molecule has 0 heterocycles. The lowest BCUT2D eigenvalue weighted by molar-refractivity contribution is 0.528. The van der Waals surface area contributed by atoms with Crippen molar-refractivity contribution < 1.29 is 0 Å². The second-order valence-corrected chi connectivity index (χ2v) is 5.69. The Labute approximate surface area is 115 Å². The van der Waals surface area contributed by atoms with Crippen molar-refractivity contribution in [3.8, 4) is 0 Å². The van der Waals surface area contributed by atoms with Gasteiger partial charge in [-0.25, -0.2) is 0 Å². The third-order valence-corrected chi connectivity index (χ3v) is 3.29. The first-order valence-corrected chi connectivity index (χ1v) is 8.21. The van der Waals surface area contributed by atoms with Crippen LogP contribution in [0.15, 0.2) is 0 Å². The van der Waals surface area contributed by atoms with Crippen LogP contribution in [0.1, 0.15) is 78.6 Å². The van der Waals surface area contributed by atoms with Crippen molar-refractivity contribution in [3.05, 3.63) is 0 Å². The molecule has 2 N–H and O–H groups in total. The molecule has 110 valence electrons. The van der Waals surface area contributed by atoms with Crippen molar-refractivity contribution in [3.63, 3.8) is 0 Å². The minimum Gasteiger partial charge on any atom is -0.317 e. The summed E-state index contributed by atoms with van der Waals surface area (Å²) in [5.41, 5.74) is 0. The zero-order valence-electron chi connectivity index (χ0n) is 13.1. The van der Waals surface area contributed by atoms with Crippen LogP contribution in [0.2, 0.25) is 0 Å². The lowest BCUT2D eigenvalue weighted by atomic mass is 10.1. The highest BCUT2D eigenvalue weighted by atomic mass is 14.9. The summed E-state index contributed by atoms with van der Waals surface area (Å²) < 4.78 is 0. The molecule has 2 heteroatoms. The molecule has 0 rings (SSSR count). The molecule has 0 bridgehead atoms. The van der Waals surface area contributed by atoms with Gasteiger partial charge in [-0.2, -0.15) is 0 Å². The van der Waals surface area contributed by atoms with Gasteiger partial charge >= 0.3 is 0 Å². The van der Waals surface area contributed by atoms with Crippen LogP contribution < -0.4 is 10.6 Å². The van der Waals surface area contributed by atoms with Gasteiger partial charge in [-0.3, -0.25) is 0 Å². The molecule has 2 nitrogen and oxygen atoms in total. The quantitative estimate of drug-likeness (QED) is 0.457. The molecule has 0 radical (unpaired) electrons. The van der Waals surface area contributed by atoms with Crippen LogP contribution >= 0.6 is 0 Å². The highest BCUT2D eigenvalue weighted by Gasteiger charge is 1.93. The Morgan fingerprint density at radius 2 is 1.22 bits per heavy atom. The van der Waals surface area contributed by atoms with Gasteiger partial charge in [0.1, 0.15) is 0 Å². The zero-order valence-corrected chi connectivity index (χ0v) is 13.1. The first kappa shape index (κ1) is 17.9. The number of hydrogen-bond donors (Lipinski definition) is 2. The maximum absolute atomic E-state index is 3.53. The Bertz CT molecular complexity index is 146. The molecule has 0 aromatic carbocycles. The lowest BCUT2D eigenvalue weighted by Gasteiger charge is -2.08. The molecule has 0 unspecified atom stereocenters. The second kappa shape index (κ2) is 15.0. The van der Waals surface area contributed by atoms with Gasteiger partial charge in [-0.15, -0.1) is 0 Å². The fourth-order valence-electron chi connectivity index (χ4n) is 2.11. The van der Waals surface area contributed by atoms with Crippen molar-refractivity contribution >= 4 is 0 Å². The maximum Gasteiger partial charge on any atom is 0.00103 e. The fraction of sp³-hybridized carbons (Fsp3) is 1.00. The van der Waals surface area contributed by atoms with Crippen LogP contribution in [-0.4, -0.2) is 25.7 Å².